The summed E-state index contributed by atoms with van der Waals surface area (Å²) in [6.45, 7) is 0. The van der Waals surface area contributed by atoms with E-state index in [1.807, 2.05) is 0 Å². The summed E-state index contributed by atoms with van der Waals surface area (Å²) in [6.07, 6.45) is 8.87. The second-order valence-corrected chi connectivity index (χ2v) is 8.93. The molecule has 3 aliphatic carbocycles. The predicted molar refractivity (Wildman–Crippen MR) is 128 cm³/mol. The quantitative estimate of drug-likeness (QED) is 0.281. The van der Waals surface area contributed by atoms with Gasteiger partial charge >= 0.3 is 57.4 Å². The number of hydrogen-bond donors (Lipinski definition) is 1. The number of halogens is 4. The van der Waals surface area contributed by atoms with Crippen LogP contribution in [0.1, 0.15) is 49.9 Å². The number of rotatable bonds is 3. The van der Waals surface area contributed by atoms with Crippen molar-refractivity contribution in [1.29, 1.82) is 10.5 Å². The molecule has 204 valence electrons. The Bertz CT molecular complexity index is 1350. The summed E-state index contributed by atoms with van der Waals surface area (Å²) >= 11 is 0. The Hall–Kier alpha value is -2.78. The van der Waals surface area contributed by atoms with Crippen molar-refractivity contribution < 1.29 is 84.3 Å². The zero-order valence-corrected chi connectivity index (χ0v) is 24.7. The van der Waals surface area contributed by atoms with Crippen LogP contribution in [0.4, 0.5) is 17.6 Å². The van der Waals surface area contributed by atoms with E-state index in [2.05, 4.69) is 27.1 Å². The number of pyridine rings is 3. The van der Waals surface area contributed by atoms with Crippen LogP contribution in [0.25, 0.3) is 0 Å². The fraction of sp³-hybridized carbons (Fsp3) is 0.333. The van der Waals surface area contributed by atoms with Crippen LogP contribution in [-0.4, -0.2) is 31.5 Å². The van der Waals surface area contributed by atoms with E-state index < -0.39 is 34.4 Å². The van der Waals surface area contributed by atoms with Gasteiger partial charge in [0, 0.05) is 24.5 Å². The number of carboxylic acid groups (broad SMARTS) is 1. The van der Waals surface area contributed by atoms with Crippen molar-refractivity contribution in [2.24, 2.45) is 5.92 Å². The van der Waals surface area contributed by atoms with Gasteiger partial charge in [-0.1, -0.05) is 0 Å². The standard InChI is InChI=1S/C9H7FN2.C9H8FNO2.C5H3F2N.C4H5N.K.H2O/c10-7-2-1-5-12-8(7)9(6-11)3-4-9;10-6-2-1-5-11-7(6)9(3-4-9)8(12)13;6-4-2-1-3-8-5(4)7;5-3-4-1-2-4;;/h1-2,5H,3-4H2;1-2,5H,3-4H2,(H,12,13);1-3H;4H,1-2H2;;1H2/q;;;;+1;/p-1. The molecular formula is C27H24F4KN5O3. The van der Waals surface area contributed by atoms with Crippen molar-refractivity contribution >= 4 is 5.97 Å². The minimum Gasteiger partial charge on any atom is -0.870 e. The van der Waals surface area contributed by atoms with E-state index in [-0.39, 0.29) is 68.4 Å². The zero-order valence-electron chi connectivity index (χ0n) is 21.6. The van der Waals surface area contributed by atoms with Gasteiger partial charge in [0.05, 0.1) is 23.5 Å². The van der Waals surface area contributed by atoms with Crippen molar-refractivity contribution in [2.75, 3.05) is 0 Å². The summed E-state index contributed by atoms with van der Waals surface area (Å²) in [4.78, 5) is 21.5. The van der Waals surface area contributed by atoms with Gasteiger partial charge in [0.1, 0.15) is 22.5 Å². The van der Waals surface area contributed by atoms with E-state index in [1.165, 1.54) is 48.9 Å². The topological polar surface area (TPSA) is 154 Å². The van der Waals surface area contributed by atoms with E-state index in [1.54, 1.807) is 0 Å². The molecule has 0 unspecified atom stereocenters. The molecular weight excluding hydrogens is 557 g/mol. The average molecular weight is 582 g/mol. The van der Waals surface area contributed by atoms with Gasteiger partial charge in [-0.25, -0.2) is 18.2 Å². The van der Waals surface area contributed by atoms with E-state index >= 15 is 0 Å². The molecule has 0 aromatic carbocycles. The van der Waals surface area contributed by atoms with Gasteiger partial charge in [0.15, 0.2) is 5.82 Å². The van der Waals surface area contributed by atoms with Gasteiger partial charge in [0.2, 0.25) is 5.95 Å². The van der Waals surface area contributed by atoms with Crippen molar-refractivity contribution in [3.05, 3.63) is 89.8 Å². The molecule has 3 fully saturated rings. The van der Waals surface area contributed by atoms with Gasteiger partial charge in [0.25, 0.3) is 0 Å². The Balaban J connectivity index is 0.000000275. The van der Waals surface area contributed by atoms with Crippen molar-refractivity contribution in [3.8, 4) is 12.1 Å². The maximum absolute atomic E-state index is 13.2. The van der Waals surface area contributed by atoms with Crippen LogP contribution in [0.15, 0.2) is 55.0 Å². The van der Waals surface area contributed by atoms with Crippen LogP contribution in [0.3, 0.4) is 0 Å². The van der Waals surface area contributed by atoms with Crippen LogP contribution in [0.2, 0.25) is 0 Å². The van der Waals surface area contributed by atoms with Gasteiger partial charge < -0.3 is 10.6 Å². The Morgan fingerprint density at radius 2 is 1.30 bits per heavy atom. The summed E-state index contributed by atoms with van der Waals surface area (Å²) in [7, 11) is 0. The van der Waals surface area contributed by atoms with Gasteiger partial charge in [-0.15, -0.1) is 0 Å². The first-order chi connectivity index (χ1) is 18.2. The van der Waals surface area contributed by atoms with E-state index in [9.17, 15) is 22.4 Å². The Morgan fingerprint density at radius 3 is 1.57 bits per heavy atom. The van der Waals surface area contributed by atoms with E-state index in [0.717, 1.165) is 31.7 Å². The zero-order chi connectivity index (χ0) is 27.8. The molecule has 0 atom stereocenters. The van der Waals surface area contributed by atoms with E-state index in [0.29, 0.717) is 24.5 Å². The third kappa shape index (κ3) is 9.40. The van der Waals surface area contributed by atoms with Crippen LogP contribution in [0, 0.1) is 52.0 Å². The number of nitrogens with zero attached hydrogens (tertiary/aromatic N) is 5. The molecule has 0 radical (unpaired) electrons. The molecule has 2 N–H and O–H groups in total. The molecule has 3 heterocycles. The largest absolute Gasteiger partial charge is 1.00 e. The molecule has 0 amide bonds. The normalized spacial score (nSPS) is 15.9. The van der Waals surface area contributed by atoms with Crippen molar-refractivity contribution in [3.63, 3.8) is 0 Å². The first-order valence-electron chi connectivity index (χ1n) is 11.7. The number of aliphatic carboxylic acids is 1. The van der Waals surface area contributed by atoms with Crippen LogP contribution >= 0.6 is 0 Å². The molecule has 13 heteroatoms. The molecule has 3 saturated carbocycles. The Morgan fingerprint density at radius 1 is 0.825 bits per heavy atom. The predicted octanol–water partition coefficient (Wildman–Crippen LogP) is 2.22. The van der Waals surface area contributed by atoms with Crippen molar-refractivity contribution in [1.82, 2.24) is 15.0 Å². The molecule has 3 aromatic heterocycles. The number of aromatic nitrogens is 3. The average Bonchev–Trinajstić information content (AvgIpc) is 3.78. The van der Waals surface area contributed by atoms with E-state index in [4.69, 9.17) is 15.6 Å². The monoisotopic (exact) mass is 581 g/mol. The summed E-state index contributed by atoms with van der Waals surface area (Å²) < 4.78 is 50.0. The second kappa shape index (κ2) is 15.9. The SMILES string of the molecule is Fc1cccnc1F.N#CC1(c2ncccc2F)CC1.N#CC1CC1.O=C(O)C1(c2ncccc2F)CC1.[K+].[OH-]. The fourth-order valence-electron chi connectivity index (χ4n) is 3.26. The van der Waals surface area contributed by atoms with Crippen LogP contribution in [-0.2, 0) is 15.6 Å². The molecule has 0 spiro atoms. The molecule has 6 rings (SSSR count). The van der Waals surface area contributed by atoms with Gasteiger partial charge in [-0.2, -0.15) is 14.9 Å². The molecule has 0 saturated heterocycles. The summed E-state index contributed by atoms with van der Waals surface area (Å²) in [6, 6.07) is 12.2. The molecule has 8 nitrogen and oxygen atoms in total. The Kier molecular flexibility index (Phi) is 14.0. The minimum atomic E-state index is -1.05. The molecule has 3 aliphatic rings. The molecule has 40 heavy (non-hydrogen) atoms. The summed E-state index contributed by atoms with van der Waals surface area (Å²) in [5, 5.41) is 25.6. The number of hydrogen-bond acceptors (Lipinski definition) is 7. The van der Waals surface area contributed by atoms with Crippen LogP contribution < -0.4 is 51.4 Å². The maximum atomic E-state index is 13.2. The molecule has 0 aliphatic heterocycles. The van der Waals surface area contributed by atoms with Crippen molar-refractivity contribution in [2.45, 2.75) is 49.4 Å². The third-order valence-electron chi connectivity index (χ3n) is 6.02. The second-order valence-electron chi connectivity index (χ2n) is 8.93. The van der Waals surface area contributed by atoms with Crippen LogP contribution in [0.5, 0.6) is 0 Å². The number of carbonyl (C=O) groups is 1. The van der Waals surface area contributed by atoms with Gasteiger partial charge in [-0.3, -0.25) is 14.8 Å². The molecule has 0 bridgehead atoms. The summed E-state index contributed by atoms with van der Waals surface area (Å²) in [5.41, 5.74) is -1.26. The maximum Gasteiger partial charge on any atom is 1.00 e. The number of carboxylic acids is 1. The summed E-state index contributed by atoms with van der Waals surface area (Å²) in [5.74, 6) is -3.39. The first-order valence-corrected chi connectivity index (χ1v) is 11.7. The van der Waals surface area contributed by atoms with Gasteiger partial charge in [-0.05, 0) is 74.9 Å². The number of nitriles is 2. The minimum absolute atomic E-state index is 0. The third-order valence-corrected chi connectivity index (χ3v) is 6.02. The Labute approximate surface area is 270 Å². The fourth-order valence-corrected chi connectivity index (χ4v) is 3.26. The first kappa shape index (κ1) is 35.2. The smallest absolute Gasteiger partial charge is 0.870 e. The molecule has 3 aromatic rings.